The standard InChI is InChI=1S/C16H16N6O/c1-2-12(14(19-5-1)22-7-6-17-10-22)13-20-15(23-21-13)16-4-3-11(16)8-18-9-16/h1-2,5-7,10-11,18H,3-4,8-9H2/t11-,16-/m0/s1. The Morgan fingerprint density at radius 2 is 2.35 bits per heavy atom. The van der Waals surface area contributed by atoms with Gasteiger partial charge in [-0.3, -0.25) is 4.57 Å². The molecular weight excluding hydrogens is 292 g/mol. The van der Waals surface area contributed by atoms with E-state index in [1.54, 1.807) is 18.7 Å². The first-order valence-electron chi connectivity index (χ1n) is 7.85. The highest BCUT2D eigenvalue weighted by molar-refractivity contribution is 5.64. The zero-order chi connectivity index (χ0) is 15.3. The lowest BCUT2D eigenvalue weighted by molar-refractivity contribution is 0.131. The highest BCUT2D eigenvalue weighted by Crippen LogP contribution is 2.50. The molecule has 0 aromatic carbocycles. The number of hydrogen-bond acceptors (Lipinski definition) is 6. The van der Waals surface area contributed by atoms with Crippen LogP contribution in [0.3, 0.4) is 0 Å². The van der Waals surface area contributed by atoms with Crippen LogP contribution in [0.5, 0.6) is 0 Å². The highest BCUT2D eigenvalue weighted by atomic mass is 16.5. The van der Waals surface area contributed by atoms with Gasteiger partial charge in [-0.2, -0.15) is 4.98 Å². The number of fused-ring (bicyclic) bond motifs is 1. The van der Waals surface area contributed by atoms with E-state index >= 15 is 0 Å². The maximum atomic E-state index is 5.65. The molecule has 3 aromatic rings. The Hall–Kier alpha value is -2.54. The number of nitrogens with zero attached hydrogens (tertiary/aromatic N) is 5. The van der Waals surface area contributed by atoms with Crippen molar-refractivity contribution in [3.8, 4) is 17.2 Å². The minimum Gasteiger partial charge on any atom is -0.338 e. The average molecular weight is 308 g/mol. The zero-order valence-electron chi connectivity index (χ0n) is 12.5. The van der Waals surface area contributed by atoms with Crippen molar-refractivity contribution >= 4 is 0 Å². The Labute approximate surface area is 132 Å². The fourth-order valence-electron chi connectivity index (χ4n) is 3.75. The van der Waals surface area contributed by atoms with Crippen LogP contribution in [0.15, 0.2) is 41.6 Å². The second kappa shape index (κ2) is 4.73. The number of hydrogen-bond donors (Lipinski definition) is 1. The lowest BCUT2D eigenvalue weighted by atomic mass is 9.62. The molecule has 1 aliphatic heterocycles. The summed E-state index contributed by atoms with van der Waals surface area (Å²) in [5.74, 6) is 2.72. The average Bonchev–Trinajstić information content (AvgIpc) is 3.29. The molecule has 1 N–H and O–H groups in total. The molecule has 7 heteroatoms. The zero-order valence-corrected chi connectivity index (χ0v) is 12.5. The van der Waals surface area contributed by atoms with Crippen molar-refractivity contribution in [2.45, 2.75) is 18.3 Å². The van der Waals surface area contributed by atoms with E-state index in [4.69, 9.17) is 9.51 Å². The van der Waals surface area contributed by atoms with E-state index in [1.165, 1.54) is 6.42 Å². The molecule has 1 aliphatic carbocycles. The molecular formula is C16H16N6O. The molecule has 0 unspecified atom stereocenters. The maximum absolute atomic E-state index is 5.65. The fraction of sp³-hybridized carbons (Fsp3) is 0.375. The quantitative estimate of drug-likeness (QED) is 0.791. The smallest absolute Gasteiger partial charge is 0.234 e. The molecule has 0 amide bonds. The van der Waals surface area contributed by atoms with Gasteiger partial charge in [0.05, 0.1) is 11.0 Å². The van der Waals surface area contributed by atoms with Crippen molar-refractivity contribution in [3.63, 3.8) is 0 Å². The summed E-state index contributed by atoms with van der Waals surface area (Å²) in [5, 5.41) is 7.68. The third-order valence-corrected chi connectivity index (χ3v) is 5.18. The van der Waals surface area contributed by atoms with E-state index in [0.717, 1.165) is 36.8 Å². The predicted molar refractivity (Wildman–Crippen MR) is 81.9 cm³/mol. The van der Waals surface area contributed by atoms with Gasteiger partial charge in [-0.1, -0.05) is 5.16 Å². The van der Waals surface area contributed by atoms with E-state index in [-0.39, 0.29) is 5.41 Å². The predicted octanol–water partition coefficient (Wildman–Crippen LogP) is 1.57. The third-order valence-electron chi connectivity index (χ3n) is 5.18. The number of nitrogens with one attached hydrogen (secondary N) is 1. The lowest BCUT2D eigenvalue weighted by Crippen LogP contribution is -2.43. The number of aromatic nitrogens is 5. The van der Waals surface area contributed by atoms with Gasteiger partial charge in [0.15, 0.2) is 0 Å². The summed E-state index contributed by atoms with van der Waals surface area (Å²) in [5.41, 5.74) is 0.890. The van der Waals surface area contributed by atoms with Crippen molar-refractivity contribution in [2.24, 2.45) is 5.92 Å². The molecule has 1 saturated heterocycles. The monoisotopic (exact) mass is 308 g/mol. The first-order valence-corrected chi connectivity index (χ1v) is 7.85. The first kappa shape index (κ1) is 13.0. The van der Waals surface area contributed by atoms with E-state index in [1.807, 2.05) is 22.9 Å². The van der Waals surface area contributed by atoms with Gasteiger partial charge in [0, 0.05) is 25.1 Å². The lowest BCUT2D eigenvalue weighted by Gasteiger charge is -2.40. The van der Waals surface area contributed by atoms with Gasteiger partial charge in [0.2, 0.25) is 11.7 Å². The van der Waals surface area contributed by atoms with Crippen LogP contribution in [0.2, 0.25) is 0 Å². The number of imidazole rings is 1. The molecule has 0 bridgehead atoms. The van der Waals surface area contributed by atoms with Crippen LogP contribution in [-0.2, 0) is 5.41 Å². The molecule has 116 valence electrons. The normalized spacial score (nSPS) is 26.0. The van der Waals surface area contributed by atoms with Gasteiger partial charge < -0.3 is 9.84 Å². The Morgan fingerprint density at radius 3 is 3.13 bits per heavy atom. The molecule has 4 heterocycles. The van der Waals surface area contributed by atoms with Gasteiger partial charge in [-0.15, -0.1) is 0 Å². The summed E-state index contributed by atoms with van der Waals surface area (Å²) >= 11 is 0. The first-order chi connectivity index (χ1) is 11.4. The summed E-state index contributed by atoms with van der Waals surface area (Å²) in [7, 11) is 0. The maximum Gasteiger partial charge on any atom is 0.234 e. The Balaban J connectivity index is 1.57. The van der Waals surface area contributed by atoms with E-state index in [0.29, 0.717) is 11.7 Å². The second-order valence-corrected chi connectivity index (χ2v) is 6.29. The van der Waals surface area contributed by atoms with Crippen molar-refractivity contribution in [1.82, 2.24) is 30.0 Å². The Kier molecular flexibility index (Phi) is 2.66. The molecule has 23 heavy (non-hydrogen) atoms. The van der Waals surface area contributed by atoms with Crippen molar-refractivity contribution < 1.29 is 4.52 Å². The SMILES string of the molecule is c1cnc(-n2ccnc2)c(-c2noc([C@]34CC[C@H]3CNC4)n2)c1. The fourth-order valence-corrected chi connectivity index (χ4v) is 3.75. The van der Waals surface area contributed by atoms with Gasteiger partial charge in [0.1, 0.15) is 12.1 Å². The van der Waals surface area contributed by atoms with Crippen molar-refractivity contribution in [1.29, 1.82) is 0 Å². The minimum atomic E-state index is 0.0443. The molecule has 7 nitrogen and oxygen atoms in total. The summed E-state index contributed by atoms with van der Waals surface area (Å²) in [6.45, 7) is 1.98. The summed E-state index contributed by atoms with van der Waals surface area (Å²) in [6.07, 6.45) is 9.40. The number of pyridine rings is 1. The molecule has 2 atom stereocenters. The largest absolute Gasteiger partial charge is 0.338 e. The van der Waals surface area contributed by atoms with Crippen LogP contribution >= 0.6 is 0 Å². The van der Waals surface area contributed by atoms with E-state index in [9.17, 15) is 0 Å². The number of rotatable bonds is 3. The van der Waals surface area contributed by atoms with Crippen LogP contribution in [0.1, 0.15) is 18.7 Å². The van der Waals surface area contributed by atoms with Crippen LogP contribution in [0.25, 0.3) is 17.2 Å². The molecule has 0 radical (unpaired) electrons. The van der Waals surface area contributed by atoms with Gasteiger partial charge in [-0.05, 0) is 37.4 Å². The molecule has 5 rings (SSSR count). The molecule has 1 saturated carbocycles. The molecule has 2 aliphatic rings. The van der Waals surface area contributed by atoms with E-state index < -0.39 is 0 Å². The minimum absolute atomic E-state index is 0.0443. The third kappa shape index (κ3) is 1.80. The highest BCUT2D eigenvalue weighted by Gasteiger charge is 2.55. The van der Waals surface area contributed by atoms with Crippen LogP contribution in [-0.4, -0.2) is 37.8 Å². The Morgan fingerprint density at radius 1 is 1.35 bits per heavy atom. The van der Waals surface area contributed by atoms with E-state index in [2.05, 4.69) is 20.4 Å². The summed E-state index contributed by atoms with van der Waals surface area (Å²) in [6, 6.07) is 3.84. The molecule has 2 fully saturated rings. The second-order valence-electron chi connectivity index (χ2n) is 6.29. The van der Waals surface area contributed by atoms with Crippen LogP contribution in [0.4, 0.5) is 0 Å². The van der Waals surface area contributed by atoms with Gasteiger partial charge >= 0.3 is 0 Å². The van der Waals surface area contributed by atoms with Crippen molar-refractivity contribution in [3.05, 3.63) is 42.9 Å². The van der Waals surface area contributed by atoms with Gasteiger partial charge in [0.25, 0.3) is 0 Å². The summed E-state index contributed by atoms with van der Waals surface area (Å²) < 4.78 is 7.50. The Bertz CT molecular complexity index is 842. The molecule has 3 aromatic heterocycles. The topological polar surface area (TPSA) is 81.7 Å². The summed E-state index contributed by atoms with van der Waals surface area (Å²) in [4.78, 5) is 13.2. The van der Waals surface area contributed by atoms with Gasteiger partial charge in [-0.25, -0.2) is 9.97 Å². The van der Waals surface area contributed by atoms with Crippen LogP contribution < -0.4 is 5.32 Å². The van der Waals surface area contributed by atoms with Crippen LogP contribution in [0, 0.1) is 5.92 Å². The molecule has 0 spiro atoms. The van der Waals surface area contributed by atoms with Crippen molar-refractivity contribution in [2.75, 3.05) is 13.1 Å².